The van der Waals surface area contributed by atoms with Gasteiger partial charge in [-0.05, 0) is 37.5 Å². The molecule has 2 aromatic rings. The minimum atomic E-state index is -3.70. The SMILES string of the molecule is CCCn1cnnc1C1CCCCN1S(=O)(=O)c1cccc(C#N)c1. The third kappa shape index (κ3) is 3.43. The first kappa shape index (κ1) is 17.6. The molecule has 132 valence electrons. The van der Waals surface area contributed by atoms with Gasteiger partial charge in [-0.25, -0.2) is 8.42 Å². The van der Waals surface area contributed by atoms with Crippen LogP contribution in [-0.4, -0.2) is 34.0 Å². The van der Waals surface area contributed by atoms with Crippen LogP contribution in [0.5, 0.6) is 0 Å². The summed E-state index contributed by atoms with van der Waals surface area (Å²) in [6, 6.07) is 7.85. The summed E-state index contributed by atoms with van der Waals surface area (Å²) >= 11 is 0. The number of sulfonamides is 1. The van der Waals surface area contributed by atoms with Crippen LogP contribution in [0.1, 0.15) is 50.0 Å². The second-order valence-corrected chi connectivity index (χ2v) is 8.04. The lowest BCUT2D eigenvalue weighted by molar-refractivity contribution is 0.240. The fourth-order valence-electron chi connectivity index (χ4n) is 3.25. The van der Waals surface area contributed by atoms with Crippen LogP contribution in [0.25, 0.3) is 0 Å². The van der Waals surface area contributed by atoms with Gasteiger partial charge in [0.25, 0.3) is 0 Å². The van der Waals surface area contributed by atoms with Crippen LogP contribution in [0.3, 0.4) is 0 Å². The maximum atomic E-state index is 13.2. The molecule has 0 N–H and O–H groups in total. The quantitative estimate of drug-likeness (QED) is 0.818. The molecule has 7 nitrogen and oxygen atoms in total. The van der Waals surface area contributed by atoms with Crippen molar-refractivity contribution in [2.75, 3.05) is 6.54 Å². The van der Waals surface area contributed by atoms with Gasteiger partial charge >= 0.3 is 0 Å². The highest BCUT2D eigenvalue weighted by Crippen LogP contribution is 2.34. The number of nitriles is 1. The molecule has 0 spiro atoms. The van der Waals surface area contributed by atoms with Crippen molar-refractivity contribution in [2.24, 2.45) is 0 Å². The predicted molar refractivity (Wildman–Crippen MR) is 92.0 cm³/mol. The summed E-state index contributed by atoms with van der Waals surface area (Å²) < 4.78 is 29.8. The highest BCUT2D eigenvalue weighted by atomic mass is 32.2. The van der Waals surface area contributed by atoms with Crippen LogP contribution in [0.2, 0.25) is 0 Å². The number of hydrogen-bond acceptors (Lipinski definition) is 5. The van der Waals surface area contributed by atoms with E-state index in [2.05, 4.69) is 17.1 Å². The zero-order valence-corrected chi connectivity index (χ0v) is 15.0. The van der Waals surface area contributed by atoms with E-state index in [1.165, 1.54) is 10.4 Å². The van der Waals surface area contributed by atoms with E-state index in [9.17, 15) is 8.42 Å². The molecule has 1 aromatic heterocycles. The summed E-state index contributed by atoms with van der Waals surface area (Å²) in [6.45, 7) is 3.27. The van der Waals surface area contributed by atoms with E-state index in [4.69, 9.17) is 5.26 Å². The molecule has 8 heteroatoms. The van der Waals surface area contributed by atoms with Crippen LogP contribution >= 0.6 is 0 Å². The van der Waals surface area contributed by atoms with Crippen molar-refractivity contribution in [3.8, 4) is 6.07 Å². The van der Waals surface area contributed by atoms with Gasteiger partial charge in [-0.3, -0.25) is 0 Å². The second-order valence-electron chi connectivity index (χ2n) is 6.15. The van der Waals surface area contributed by atoms with Crippen molar-refractivity contribution < 1.29 is 8.42 Å². The Labute approximate surface area is 148 Å². The smallest absolute Gasteiger partial charge is 0.243 e. The Balaban J connectivity index is 2.00. The van der Waals surface area contributed by atoms with Crippen LogP contribution in [0.15, 0.2) is 35.5 Å². The molecule has 0 bridgehead atoms. The van der Waals surface area contributed by atoms with Gasteiger partial charge in [0.05, 0.1) is 22.6 Å². The van der Waals surface area contributed by atoms with Crippen molar-refractivity contribution in [3.05, 3.63) is 42.0 Å². The number of aromatic nitrogens is 3. The number of benzene rings is 1. The van der Waals surface area contributed by atoms with Gasteiger partial charge in [0.2, 0.25) is 10.0 Å². The standard InChI is InChI=1S/C17H21N5O2S/c1-2-9-21-13-19-20-17(21)16-8-3-4-10-22(16)25(23,24)15-7-5-6-14(11-15)12-18/h5-7,11,13,16H,2-4,8-10H2,1H3. The molecule has 1 fully saturated rings. The molecule has 0 radical (unpaired) electrons. The van der Waals surface area contributed by atoms with Crippen molar-refractivity contribution in [3.63, 3.8) is 0 Å². The molecule has 25 heavy (non-hydrogen) atoms. The Bertz CT molecular complexity index is 884. The van der Waals surface area contributed by atoms with Crippen LogP contribution in [0, 0.1) is 11.3 Å². The highest BCUT2D eigenvalue weighted by molar-refractivity contribution is 7.89. The van der Waals surface area contributed by atoms with E-state index in [1.807, 2.05) is 10.6 Å². The molecule has 1 saturated heterocycles. The van der Waals surface area contributed by atoms with E-state index in [-0.39, 0.29) is 10.9 Å². The number of nitrogens with zero attached hydrogens (tertiary/aromatic N) is 5. The van der Waals surface area contributed by atoms with E-state index < -0.39 is 10.0 Å². The lowest BCUT2D eigenvalue weighted by Gasteiger charge is -2.34. The Morgan fingerprint density at radius 1 is 1.36 bits per heavy atom. The van der Waals surface area contributed by atoms with Crippen LogP contribution < -0.4 is 0 Å². The fourth-order valence-corrected chi connectivity index (χ4v) is 4.95. The first-order valence-corrected chi connectivity index (χ1v) is 9.91. The second kappa shape index (κ2) is 7.33. The minimum absolute atomic E-state index is 0.153. The number of aryl methyl sites for hydroxylation is 1. The van der Waals surface area contributed by atoms with E-state index in [0.29, 0.717) is 17.9 Å². The molecule has 0 aliphatic carbocycles. The van der Waals surface area contributed by atoms with Crippen molar-refractivity contribution in [1.82, 2.24) is 19.1 Å². The first-order chi connectivity index (χ1) is 12.1. The molecular weight excluding hydrogens is 338 g/mol. The van der Waals surface area contributed by atoms with Gasteiger partial charge in [-0.1, -0.05) is 19.4 Å². The summed E-state index contributed by atoms with van der Waals surface area (Å²) in [5, 5.41) is 17.2. The molecule has 1 aliphatic rings. The van der Waals surface area contributed by atoms with E-state index >= 15 is 0 Å². The highest BCUT2D eigenvalue weighted by Gasteiger charge is 2.37. The van der Waals surface area contributed by atoms with Gasteiger partial charge in [-0.2, -0.15) is 9.57 Å². The molecule has 3 rings (SSSR count). The normalized spacial score (nSPS) is 18.8. The summed E-state index contributed by atoms with van der Waals surface area (Å²) in [5.74, 6) is 0.696. The van der Waals surface area contributed by atoms with Gasteiger partial charge in [0.1, 0.15) is 6.33 Å². The topological polar surface area (TPSA) is 91.9 Å². The molecule has 1 aromatic carbocycles. The molecular formula is C17H21N5O2S. The zero-order chi connectivity index (χ0) is 17.9. The van der Waals surface area contributed by atoms with Crippen molar-refractivity contribution >= 4 is 10.0 Å². The molecule has 1 aliphatic heterocycles. The maximum Gasteiger partial charge on any atom is 0.243 e. The lowest BCUT2D eigenvalue weighted by atomic mass is 10.0. The summed E-state index contributed by atoms with van der Waals surface area (Å²) in [6.07, 6.45) is 5.08. The third-order valence-corrected chi connectivity index (χ3v) is 6.34. The van der Waals surface area contributed by atoms with Gasteiger partial charge in [-0.15, -0.1) is 10.2 Å². The summed E-state index contributed by atoms with van der Waals surface area (Å²) in [7, 11) is -3.70. The monoisotopic (exact) mass is 359 g/mol. The lowest BCUT2D eigenvalue weighted by Crippen LogP contribution is -2.39. The molecule has 1 atom stereocenters. The van der Waals surface area contributed by atoms with E-state index in [0.717, 1.165) is 32.2 Å². The average molecular weight is 359 g/mol. The predicted octanol–water partition coefficient (Wildman–Crippen LogP) is 2.48. The Morgan fingerprint density at radius 2 is 2.20 bits per heavy atom. The van der Waals surface area contributed by atoms with Crippen LogP contribution in [0.4, 0.5) is 0 Å². The minimum Gasteiger partial charge on any atom is -0.316 e. The maximum absolute atomic E-state index is 13.2. The third-order valence-electron chi connectivity index (χ3n) is 4.43. The first-order valence-electron chi connectivity index (χ1n) is 8.47. The molecule has 0 saturated carbocycles. The largest absolute Gasteiger partial charge is 0.316 e. The number of piperidine rings is 1. The molecule has 2 heterocycles. The summed E-state index contributed by atoms with van der Waals surface area (Å²) in [5.41, 5.74) is 0.337. The van der Waals surface area contributed by atoms with Gasteiger partial charge < -0.3 is 4.57 Å². The van der Waals surface area contributed by atoms with Crippen LogP contribution in [-0.2, 0) is 16.6 Å². The van der Waals surface area contributed by atoms with Gasteiger partial charge in [0.15, 0.2) is 5.82 Å². The Hall–Kier alpha value is -2.24. The fraction of sp³-hybridized carbons (Fsp3) is 0.471. The number of rotatable bonds is 5. The van der Waals surface area contributed by atoms with E-state index in [1.54, 1.807) is 24.5 Å². The van der Waals surface area contributed by atoms with Crippen molar-refractivity contribution in [1.29, 1.82) is 5.26 Å². The average Bonchev–Trinajstić information content (AvgIpc) is 3.10. The number of hydrogen-bond donors (Lipinski definition) is 0. The van der Waals surface area contributed by atoms with Crippen molar-refractivity contribution in [2.45, 2.75) is 50.1 Å². The Morgan fingerprint density at radius 3 is 2.96 bits per heavy atom. The zero-order valence-electron chi connectivity index (χ0n) is 14.2. The molecule has 0 amide bonds. The molecule has 1 unspecified atom stereocenters. The van der Waals surface area contributed by atoms with Gasteiger partial charge in [0, 0.05) is 13.1 Å². The Kier molecular flexibility index (Phi) is 5.16. The summed E-state index contributed by atoms with van der Waals surface area (Å²) in [4.78, 5) is 0.153.